The van der Waals surface area contributed by atoms with Crippen LogP contribution in [-0.2, 0) is 10.3 Å². The summed E-state index contributed by atoms with van der Waals surface area (Å²) in [7, 11) is 0. The number of hydrogen-bond acceptors (Lipinski definition) is 8. The Morgan fingerprint density at radius 3 is 2.61 bits per heavy atom. The van der Waals surface area contributed by atoms with E-state index in [9.17, 15) is 9.90 Å². The molecule has 3 fully saturated rings. The van der Waals surface area contributed by atoms with Gasteiger partial charge in [0.25, 0.3) is 5.91 Å². The summed E-state index contributed by atoms with van der Waals surface area (Å²) < 4.78 is 7.57. The maximum atomic E-state index is 13.2. The van der Waals surface area contributed by atoms with Gasteiger partial charge in [-0.3, -0.25) is 4.79 Å². The van der Waals surface area contributed by atoms with E-state index < -0.39 is 5.60 Å². The van der Waals surface area contributed by atoms with Crippen molar-refractivity contribution in [3.8, 4) is 0 Å². The highest BCUT2D eigenvalue weighted by Gasteiger charge is 2.39. The number of fused-ring (bicyclic) bond motifs is 2. The van der Waals surface area contributed by atoms with Crippen LogP contribution in [0.25, 0.3) is 5.65 Å². The topological polar surface area (TPSA) is 107 Å². The number of aliphatic hydroxyl groups is 1. The van der Waals surface area contributed by atoms with E-state index in [1.807, 2.05) is 71.8 Å². The highest BCUT2D eigenvalue weighted by Crippen LogP contribution is 2.36. The monoisotopic (exact) mass is 573 g/mol. The summed E-state index contributed by atoms with van der Waals surface area (Å²) in [6.45, 7) is 4.09. The van der Waals surface area contributed by atoms with Crippen LogP contribution in [0.2, 0.25) is 5.02 Å². The number of rotatable bonds is 5. The van der Waals surface area contributed by atoms with E-state index in [-0.39, 0.29) is 18.1 Å². The average Bonchev–Trinajstić information content (AvgIpc) is 3.65. The number of ether oxygens (including phenoxy) is 1. The first kappa shape index (κ1) is 26.2. The number of nitrogens with zero attached hydrogens (tertiary/aromatic N) is 5. The SMILES string of the molecule is O=C(c1ccc(Nc2nc3c(N4CCC(O)(c5ccc(Cl)cc5)CC4)cccn3n2)cc1)N1CCO[C@@H]2CNC[C@H]21. The first-order valence-corrected chi connectivity index (χ1v) is 14.4. The quantitative estimate of drug-likeness (QED) is 0.333. The standard InChI is InChI=1S/C30H32ClN7O3/c31-22-7-5-21(6-8-22)30(40)11-14-36(15-12-30)24-2-1-13-38-27(24)34-29(35-38)33-23-9-3-20(4-10-23)28(39)37-16-17-41-26-19-32-18-25(26)37/h1-10,13,25-26,32,40H,11-12,14-19H2,(H,33,35)/t25-,26-/m1/s1. The van der Waals surface area contributed by atoms with E-state index in [2.05, 4.69) is 20.6 Å². The number of morpholine rings is 1. The minimum Gasteiger partial charge on any atom is -0.385 e. The molecule has 0 bridgehead atoms. The molecule has 10 nitrogen and oxygen atoms in total. The molecule has 3 aliphatic heterocycles. The van der Waals surface area contributed by atoms with Crippen molar-refractivity contribution >= 4 is 40.5 Å². The molecule has 0 radical (unpaired) electrons. The number of benzene rings is 2. The summed E-state index contributed by atoms with van der Waals surface area (Å²) in [5.41, 5.74) is 3.18. The smallest absolute Gasteiger partial charge is 0.254 e. The molecule has 2 atom stereocenters. The van der Waals surface area contributed by atoms with Gasteiger partial charge in [0.1, 0.15) is 0 Å². The molecule has 2 aromatic heterocycles. The second kappa shape index (κ2) is 10.6. The number of halogens is 1. The number of anilines is 3. The lowest BCUT2D eigenvalue weighted by Crippen LogP contribution is -2.53. The van der Waals surface area contributed by atoms with Crippen LogP contribution in [0.5, 0.6) is 0 Å². The Balaban J connectivity index is 1.04. The fourth-order valence-corrected chi connectivity index (χ4v) is 6.32. The molecular formula is C30H32ClN7O3. The Kier molecular flexibility index (Phi) is 6.78. The highest BCUT2D eigenvalue weighted by molar-refractivity contribution is 6.30. The molecule has 2 aromatic carbocycles. The minimum absolute atomic E-state index is 0.0264. The molecule has 212 valence electrons. The number of amides is 1. The Morgan fingerprint density at radius 2 is 1.83 bits per heavy atom. The van der Waals surface area contributed by atoms with Gasteiger partial charge < -0.3 is 30.3 Å². The molecule has 3 aliphatic rings. The molecule has 0 aliphatic carbocycles. The lowest BCUT2D eigenvalue weighted by Gasteiger charge is -2.39. The van der Waals surface area contributed by atoms with E-state index in [4.69, 9.17) is 21.3 Å². The zero-order valence-corrected chi connectivity index (χ0v) is 23.3. The summed E-state index contributed by atoms with van der Waals surface area (Å²) in [6.07, 6.45) is 3.14. The van der Waals surface area contributed by atoms with Crippen molar-refractivity contribution in [3.63, 3.8) is 0 Å². The first-order valence-electron chi connectivity index (χ1n) is 14.1. The fourth-order valence-electron chi connectivity index (χ4n) is 6.19. The van der Waals surface area contributed by atoms with Gasteiger partial charge in [0.15, 0.2) is 5.65 Å². The van der Waals surface area contributed by atoms with Crippen molar-refractivity contribution in [3.05, 3.63) is 83.0 Å². The van der Waals surface area contributed by atoms with Crippen molar-refractivity contribution in [1.29, 1.82) is 0 Å². The third kappa shape index (κ3) is 5.01. The molecule has 3 N–H and O–H groups in total. The summed E-state index contributed by atoms with van der Waals surface area (Å²) >= 11 is 6.04. The van der Waals surface area contributed by atoms with E-state index in [1.54, 1.807) is 4.52 Å². The Labute approximate surface area is 242 Å². The molecule has 0 unspecified atom stereocenters. The molecule has 1 amide bonds. The van der Waals surface area contributed by atoms with Gasteiger partial charge in [-0.25, -0.2) is 4.52 Å². The number of pyridine rings is 1. The molecule has 11 heteroatoms. The summed E-state index contributed by atoms with van der Waals surface area (Å²) in [6, 6.07) is 19.0. The Hall–Kier alpha value is -3.70. The van der Waals surface area contributed by atoms with E-state index in [0.717, 1.165) is 35.7 Å². The summed E-state index contributed by atoms with van der Waals surface area (Å²) in [4.78, 5) is 22.2. The predicted octanol–water partition coefficient (Wildman–Crippen LogP) is 3.43. The maximum absolute atomic E-state index is 13.2. The van der Waals surface area contributed by atoms with Crippen molar-refractivity contribution in [1.82, 2.24) is 24.8 Å². The molecule has 4 aromatic rings. The van der Waals surface area contributed by atoms with E-state index in [0.29, 0.717) is 55.6 Å². The number of aromatic nitrogens is 3. The second-order valence-corrected chi connectivity index (χ2v) is 11.4. The lowest BCUT2D eigenvalue weighted by molar-refractivity contribution is -0.0364. The largest absolute Gasteiger partial charge is 0.385 e. The van der Waals surface area contributed by atoms with E-state index >= 15 is 0 Å². The number of carbonyl (C=O) groups is 1. The van der Waals surface area contributed by atoms with Crippen LogP contribution in [-0.4, -0.2) is 82.0 Å². The minimum atomic E-state index is -0.877. The van der Waals surface area contributed by atoms with Crippen molar-refractivity contribution in [2.45, 2.75) is 30.6 Å². The van der Waals surface area contributed by atoms with Gasteiger partial charge in [0.2, 0.25) is 5.95 Å². The third-order valence-corrected chi connectivity index (χ3v) is 8.75. The second-order valence-electron chi connectivity index (χ2n) is 11.0. The predicted molar refractivity (Wildman–Crippen MR) is 157 cm³/mol. The molecular weight excluding hydrogens is 542 g/mol. The van der Waals surface area contributed by atoms with Crippen LogP contribution in [0.15, 0.2) is 66.9 Å². The molecule has 5 heterocycles. The van der Waals surface area contributed by atoms with E-state index in [1.165, 1.54) is 0 Å². The fraction of sp³-hybridized carbons (Fsp3) is 0.367. The molecule has 0 saturated carbocycles. The van der Waals surface area contributed by atoms with Crippen LogP contribution in [0, 0.1) is 0 Å². The number of nitrogens with one attached hydrogen (secondary N) is 2. The summed E-state index contributed by atoms with van der Waals surface area (Å²) in [5.74, 6) is 0.498. The first-order chi connectivity index (χ1) is 20.0. The van der Waals surface area contributed by atoms with Crippen LogP contribution in [0.4, 0.5) is 17.3 Å². The molecule has 7 rings (SSSR count). The molecule has 0 spiro atoms. The number of carbonyl (C=O) groups excluding carboxylic acids is 1. The van der Waals surface area contributed by atoms with Crippen LogP contribution in [0.3, 0.4) is 0 Å². The zero-order chi connectivity index (χ0) is 28.0. The average molecular weight is 574 g/mol. The van der Waals surface area contributed by atoms with Gasteiger partial charge in [-0.2, -0.15) is 4.98 Å². The van der Waals surface area contributed by atoms with Gasteiger partial charge in [-0.15, -0.1) is 5.10 Å². The Morgan fingerprint density at radius 1 is 1.05 bits per heavy atom. The van der Waals surface area contributed by atoms with Gasteiger partial charge in [0, 0.05) is 55.2 Å². The van der Waals surface area contributed by atoms with Crippen molar-refractivity contribution < 1.29 is 14.6 Å². The normalized spacial score (nSPS) is 22.1. The number of hydrogen-bond donors (Lipinski definition) is 3. The highest BCUT2D eigenvalue weighted by atomic mass is 35.5. The van der Waals surface area contributed by atoms with Gasteiger partial charge in [-0.1, -0.05) is 23.7 Å². The third-order valence-electron chi connectivity index (χ3n) is 8.50. The van der Waals surface area contributed by atoms with Crippen LogP contribution < -0.4 is 15.5 Å². The van der Waals surface area contributed by atoms with Gasteiger partial charge in [0.05, 0.1) is 30.0 Å². The van der Waals surface area contributed by atoms with Gasteiger partial charge in [-0.05, 0) is 66.9 Å². The van der Waals surface area contributed by atoms with Crippen LogP contribution in [0.1, 0.15) is 28.8 Å². The maximum Gasteiger partial charge on any atom is 0.254 e. The molecule has 41 heavy (non-hydrogen) atoms. The zero-order valence-electron chi connectivity index (χ0n) is 22.5. The van der Waals surface area contributed by atoms with Crippen molar-refractivity contribution in [2.24, 2.45) is 0 Å². The Bertz CT molecular complexity index is 1550. The molecule has 3 saturated heterocycles. The summed E-state index contributed by atoms with van der Waals surface area (Å²) in [5, 5.41) is 23.2. The number of piperidine rings is 1. The van der Waals surface area contributed by atoms with Crippen LogP contribution >= 0.6 is 11.6 Å². The van der Waals surface area contributed by atoms with Crippen molar-refractivity contribution in [2.75, 3.05) is 49.5 Å². The lowest BCUT2D eigenvalue weighted by atomic mass is 9.84. The van der Waals surface area contributed by atoms with Gasteiger partial charge >= 0.3 is 0 Å².